The van der Waals surface area contributed by atoms with Crippen LogP contribution in [0.2, 0.25) is 0 Å². The van der Waals surface area contributed by atoms with Crippen molar-refractivity contribution in [1.29, 1.82) is 0 Å². The van der Waals surface area contributed by atoms with E-state index < -0.39 is 0 Å². The molecule has 1 atom stereocenters. The lowest BCUT2D eigenvalue weighted by atomic mass is 9.68. The van der Waals surface area contributed by atoms with Crippen molar-refractivity contribution in [2.24, 2.45) is 0 Å². The predicted molar refractivity (Wildman–Crippen MR) is 84.3 cm³/mol. The maximum Gasteiger partial charge on any atom is 0.0512 e. The van der Waals surface area contributed by atoms with Crippen LogP contribution < -0.4 is 5.32 Å². The van der Waals surface area contributed by atoms with Gasteiger partial charge in [-0.25, -0.2) is 0 Å². The van der Waals surface area contributed by atoms with E-state index in [1.165, 1.54) is 10.4 Å². The Kier molecular flexibility index (Phi) is 4.20. The minimum atomic E-state index is 0.138. The van der Waals surface area contributed by atoms with Crippen LogP contribution in [-0.4, -0.2) is 20.3 Å². The summed E-state index contributed by atoms with van der Waals surface area (Å²) in [5.41, 5.74) is 1.56. The van der Waals surface area contributed by atoms with Gasteiger partial charge in [-0.2, -0.15) is 0 Å². The molecular weight excluding hydrogens is 266 g/mol. The van der Waals surface area contributed by atoms with Crippen molar-refractivity contribution in [3.63, 3.8) is 0 Å². The SMILES string of the molecule is CNC(c1cccs1)C1(c2ccccc2)CCOCC1. The van der Waals surface area contributed by atoms with Crippen LogP contribution in [0.3, 0.4) is 0 Å². The minimum Gasteiger partial charge on any atom is -0.381 e. The summed E-state index contributed by atoms with van der Waals surface area (Å²) in [4.78, 5) is 1.42. The summed E-state index contributed by atoms with van der Waals surface area (Å²) in [6.45, 7) is 1.69. The van der Waals surface area contributed by atoms with Gasteiger partial charge in [0, 0.05) is 23.5 Å². The zero-order valence-corrected chi connectivity index (χ0v) is 12.7. The molecule has 0 amide bonds. The zero-order chi connectivity index (χ0) is 13.8. The quantitative estimate of drug-likeness (QED) is 0.924. The maximum absolute atomic E-state index is 5.63. The number of thiophene rings is 1. The van der Waals surface area contributed by atoms with E-state index in [-0.39, 0.29) is 5.41 Å². The van der Waals surface area contributed by atoms with Gasteiger partial charge in [0.1, 0.15) is 0 Å². The maximum atomic E-state index is 5.63. The molecule has 2 nitrogen and oxygen atoms in total. The van der Waals surface area contributed by atoms with Gasteiger partial charge in [0.2, 0.25) is 0 Å². The predicted octanol–water partition coefficient (Wildman–Crippen LogP) is 3.76. The first kappa shape index (κ1) is 13.8. The van der Waals surface area contributed by atoms with Gasteiger partial charge in [-0.3, -0.25) is 0 Å². The molecule has 2 aromatic rings. The molecule has 1 unspecified atom stereocenters. The highest BCUT2D eigenvalue weighted by Gasteiger charge is 2.42. The highest BCUT2D eigenvalue weighted by Crippen LogP contribution is 2.45. The third-order valence-electron chi connectivity index (χ3n) is 4.40. The molecule has 106 valence electrons. The van der Waals surface area contributed by atoms with Crippen LogP contribution in [0, 0.1) is 0 Å². The molecule has 3 heteroatoms. The Morgan fingerprint density at radius 2 is 1.85 bits per heavy atom. The Hall–Kier alpha value is -1.16. The van der Waals surface area contributed by atoms with E-state index in [1.54, 1.807) is 0 Å². The zero-order valence-electron chi connectivity index (χ0n) is 11.8. The lowest BCUT2D eigenvalue weighted by molar-refractivity contribution is 0.0357. The number of benzene rings is 1. The van der Waals surface area contributed by atoms with Gasteiger partial charge in [-0.1, -0.05) is 36.4 Å². The molecule has 0 spiro atoms. The smallest absolute Gasteiger partial charge is 0.0512 e. The van der Waals surface area contributed by atoms with Crippen LogP contribution >= 0.6 is 11.3 Å². The molecule has 0 bridgehead atoms. The van der Waals surface area contributed by atoms with E-state index in [2.05, 4.69) is 60.2 Å². The van der Waals surface area contributed by atoms with E-state index >= 15 is 0 Å². The standard InChI is InChI=1S/C17H21NOS/c1-18-16(15-8-5-13-20-15)17(9-11-19-12-10-17)14-6-3-2-4-7-14/h2-8,13,16,18H,9-12H2,1H3. The Labute approximate surface area is 124 Å². The number of hydrogen-bond acceptors (Lipinski definition) is 3. The third-order valence-corrected chi connectivity index (χ3v) is 5.34. The highest BCUT2D eigenvalue weighted by molar-refractivity contribution is 7.10. The summed E-state index contributed by atoms with van der Waals surface area (Å²) >= 11 is 1.84. The van der Waals surface area contributed by atoms with E-state index in [1.807, 2.05) is 11.3 Å². The van der Waals surface area contributed by atoms with Crippen molar-refractivity contribution in [3.8, 4) is 0 Å². The number of hydrogen-bond donors (Lipinski definition) is 1. The van der Waals surface area contributed by atoms with Crippen molar-refractivity contribution in [3.05, 3.63) is 58.3 Å². The van der Waals surface area contributed by atoms with Crippen molar-refractivity contribution in [2.45, 2.75) is 24.3 Å². The van der Waals surface area contributed by atoms with Gasteiger partial charge in [0.15, 0.2) is 0 Å². The fourth-order valence-electron chi connectivity index (χ4n) is 3.40. The average Bonchev–Trinajstić information content (AvgIpc) is 3.04. The van der Waals surface area contributed by atoms with Crippen molar-refractivity contribution < 1.29 is 4.74 Å². The lowest BCUT2D eigenvalue weighted by Crippen LogP contribution is -2.44. The molecule has 1 aromatic heterocycles. The van der Waals surface area contributed by atoms with E-state index in [0.717, 1.165) is 26.1 Å². The van der Waals surface area contributed by atoms with Gasteiger partial charge in [0.25, 0.3) is 0 Å². The molecule has 1 aliphatic heterocycles. The van der Waals surface area contributed by atoms with Crippen molar-refractivity contribution >= 4 is 11.3 Å². The van der Waals surface area contributed by atoms with Crippen LogP contribution in [0.5, 0.6) is 0 Å². The Morgan fingerprint density at radius 3 is 2.45 bits per heavy atom. The van der Waals surface area contributed by atoms with E-state index in [9.17, 15) is 0 Å². The molecule has 1 aliphatic rings. The molecule has 1 N–H and O–H groups in total. The number of ether oxygens (including phenoxy) is 1. The molecule has 0 radical (unpaired) electrons. The molecule has 3 rings (SSSR count). The second-order valence-corrected chi connectivity index (χ2v) is 6.35. The van der Waals surface area contributed by atoms with Crippen LogP contribution in [0.1, 0.15) is 29.3 Å². The van der Waals surface area contributed by atoms with Gasteiger partial charge in [-0.05, 0) is 36.9 Å². The van der Waals surface area contributed by atoms with E-state index in [4.69, 9.17) is 4.74 Å². The molecule has 2 heterocycles. The third kappa shape index (κ3) is 2.41. The summed E-state index contributed by atoms with van der Waals surface area (Å²) < 4.78 is 5.63. The monoisotopic (exact) mass is 287 g/mol. The number of likely N-dealkylation sites (N-methyl/N-ethyl adjacent to an activating group) is 1. The fourth-order valence-corrected chi connectivity index (χ4v) is 4.35. The second-order valence-electron chi connectivity index (χ2n) is 5.37. The molecule has 20 heavy (non-hydrogen) atoms. The first-order chi connectivity index (χ1) is 9.87. The van der Waals surface area contributed by atoms with Crippen molar-refractivity contribution in [1.82, 2.24) is 5.32 Å². The van der Waals surface area contributed by atoms with Crippen LogP contribution in [0.25, 0.3) is 0 Å². The fraction of sp³-hybridized carbons (Fsp3) is 0.412. The highest BCUT2D eigenvalue weighted by atomic mass is 32.1. The number of rotatable bonds is 4. The Morgan fingerprint density at radius 1 is 1.10 bits per heavy atom. The van der Waals surface area contributed by atoms with Gasteiger partial charge < -0.3 is 10.1 Å². The van der Waals surface area contributed by atoms with Crippen LogP contribution in [0.15, 0.2) is 47.8 Å². The Balaban J connectivity index is 2.05. The van der Waals surface area contributed by atoms with Gasteiger partial charge in [-0.15, -0.1) is 11.3 Å². The summed E-state index contributed by atoms with van der Waals surface area (Å²) in [6, 6.07) is 15.7. The molecule has 0 saturated carbocycles. The van der Waals surface area contributed by atoms with Gasteiger partial charge in [0.05, 0.1) is 6.04 Å². The summed E-state index contributed by atoms with van der Waals surface area (Å²) in [7, 11) is 2.07. The molecular formula is C17H21NOS. The minimum absolute atomic E-state index is 0.138. The number of nitrogens with one attached hydrogen (secondary N) is 1. The lowest BCUT2D eigenvalue weighted by Gasteiger charge is -2.43. The van der Waals surface area contributed by atoms with Crippen LogP contribution in [0.4, 0.5) is 0 Å². The molecule has 1 saturated heterocycles. The second kappa shape index (κ2) is 6.08. The van der Waals surface area contributed by atoms with Crippen molar-refractivity contribution in [2.75, 3.05) is 20.3 Å². The summed E-state index contributed by atoms with van der Waals surface area (Å²) in [5, 5.41) is 5.73. The largest absolute Gasteiger partial charge is 0.381 e. The molecule has 1 aromatic carbocycles. The Bertz CT molecular complexity index is 517. The first-order valence-corrected chi connectivity index (χ1v) is 8.09. The van der Waals surface area contributed by atoms with Gasteiger partial charge >= 0.3 is 0 Å². The normalized spacial score (nSPS) is 19.6. The molecule has 0 aliphatic carbocycles. The summed E-state index contributed by atoms with van der Waals surface area (Å²) in [6.07, 6.45) is 2.14. The van der Waals surface area contributed by atoms with E-state index in [0.29, 0.717) is 6.04 Å². The topological polar surface area (TPSA) is 21.3 Å². The van der Waals surface area contributed by atoms with Crippen LogP contribution in [-0.2, 0) is 10.2 Å². The first-order valence-electron chi connectivity index (χ1n) is 7.21. The average molecular weight is 287 g/mol. The molecule has 1 fully saturated rings. The summed E-state index contributed by atoms with van der Waals surface area (Å²) in [5.74, 6) is 0.